The maximum atomic E-state index is 11.8. The monoisotopic (exact) mass is 448 g/mol. The zero-order valence-electron chi connectivity index (χ0n) is 16.0. The topological polar surface area (TPSA) is 145 Å². The zero-order chi connectivity index (χ0) is 22.3. The van der Waals surface area contributed by atoms with E-state index in [1.807, 2.05) is 13.8 Å². The highest BCUT2D eigenvalue weighted by Gasteiger charge is 2.27. The molecule has 0 aromatic heterocycles. The number of carbonyl (C=O) groups excluding carboxylic acids is 1. The predicted molar refractivity (Wildman–Crippen MR) is 108 cm³/mol. The molecule has 0 aliphatic carbocycles. The largest absolute Gasteiger partial charge is 0.478 e. The van der Waals surface area contributed by atoms with Crippen molar-refractivity contribution in [2.75, 3.05) is 18.5 Å². The van der Waals surface area contributed by atoms with Gasteiger partial charge in [-0.3, -0.25) is 5.32 Å². The van der Waals surface area contributed by atoms with E-state index in [9.17, 15) is 24.6 Å². The van der Waals surface area contributed by atoms with Crippen molar-refractivity contribution in [3.05, 3.63) is 33.3 Å². The van der Waals surface area contributed by atoms with Gasteiger partial charge in [0.05, 0.1) is 34.0 Å². The van der Waals surface area contributed by atoms with E-state index in [2.05, 4.69) is 10.6 Å². The summed E-state index contributed by atoms with van der Waals surface area (Å²) in [5.74, 6) is -3.13. The number of aliphatic carboxylic acids is 2. The highest BCUT2D eigenvalue weighted by Crippen LogP contribution is 2.41. The standard InChI is InChI=1S/C18H22Cl2N2O7/c1-4-29-18(28)22-16-11(19)5-9(12(23)7-21-8(2)3)14(15(16)20)10(17(26)27)6-13(24)25/h5-6,8,12,21,23H,4,7H2,1-3H3,(H,22,28)(H,24,25)(H,26,27)/b10-6-. The van der Waals surface area contributed by atoms with Gasteiger partial charge in [0.2, 0.25) is 0 Å². The van der Waals surface area contributed by atoms with Crippen molar-refractivity contribution in [1.82, 2.24) is 5.32 Å². The fraction of sp³-hybridized carbons (Fsp3) is 0.389. The number of halogens is 2. The van der Waals surface area contributed by atoms with Crippen LogP contribution in [-0.4, -0.2) is 52.5 Å². The highest BCUT2D eigenvalue weighted by molar-refractivity contribution is 6.42. The SMILES string of the molecule is CCOC(=O)Nc1c(Cl)cc(C(O)CNC(C)C)c(/C(=C/C(=O)O)C(=O)O)c1Cl. The summed E-state index contributed by atoms with van der Waals surface area (Å²) in [5.41, 5.74) is -1.16. The van der Waals surface area contributed by atoms with Crippen LogP contribution in [0.25, 0.3) is 5.57 Å². The fourth-order valence-corrected chi connectivity index (χ4v) is 3.05. The summed E-state index contributed by atoms with van der Waals surface area (Å²) >= 11 is 12.5. The summed E-state index contributed by atoms with van der Waals surface area (Å²) in [5, 5.41) is 34.0. The molecule has 11 heteroatoms. The van der Waals surface area contributed by atoms with Crippen molar-refractivity contribution in [2.24, 2.45) is 0 Å². The first-order chi connectivity index (χ1) is 13.5. The second-order valence-corrected chi connectivity index (χ2v) is 6.92. The van der Waals surface area contributed by atoms with Gasteiger partial charge in [-0.15, -0.1) is 0 Å². The van der Waals surface area contributed by atoms with Gasteiger partial charge >= 0.3 is 18.0 Å². The Morgan fingerprint density at radius 2 is 1.86 bits per heavy atom. The van der Waals surface area contributed by atoms with E-state index in [0.29, 0.717) is 6.08 Å². The number of carboxylic acid groups (broad SMARTS) is 2. The Morgan fingerprint density at radius 3 is 2.34 bits per heavy atom. The lowest BCUT2D eigenvalue weighted by molar-refractivity contribution is -0.133. The van der Waals surface area contributed by atoms with Gasteiger partial charge in [0.25, 0.3) is 0 Å². The van der Waals surface area contributed by atoms with Gasteiger partial charge in [0.1, 0.15) is 0 Å². The molecule has 1 rings (SSSR count). The summed E-state index contributed by atoms with van der Waals surface area (Å²) in [7, 11) is 0. The minimum atomic E-state index is -1.59. The Labute approximate surface area is 177 Å². The molecule has 1 aromatic rings. The Balaban J connectivity index is 3.69. The fourth-order valence-electron chi connectivity index (χ4n) is 2.38. The Bertz CT molecular complexity index is 825. The van der Waals surface area contributed by atoms with Crippen LogP contribution in [0.3, 0.4) is 0 Å². The van der Waals surface area contributed by atoms with Gasteiger partial charge < -0.3 is 25.4 Å². The van der Waals surface area contributed by atoms with E-state index < -0.39 is 29.7 Å². The number of ether oxygens (including phenoxy) is 1. The molecule has 0 aliphatic rings. The first-order valence-corrected chi connectivity index (χ1v) is 9.30. The molecular weight excluding hydrogens is 427 g/mol. The average molecular weight is 449 g/mol. The summed E-state index contributed by atoms with van der Waals surface area (Å²) in [6, 6.07) is 1.23. The number of rotatable bonds is 9. The van der Waals surface area contributed by atoms with E-state index >= 15 is 0 Å². The lowest BCUT2D eigenvalue weighted by Crippen LogP contribution is -2.28. The molecule has 0 saturated carbocycles. The normalized spacial score (nSPS) is 12.6. The second kappa shape index (κ2) is 11.0. The number of carbonyl (C=O) groups is 3. The van der Waals surface area contributed by atoms with Crippen LogP contribution in [0.5, 0.6) is 0 Å². The maximum Gasteiger partial charge on any atom is 0.411 e. The lowest BCUT2D eigenvalue weighted by atomic mass is 9.94. The Morgan fingerprint density at radius 1 is 1.24 bits per heavy atom. The highest BCUT2D eigenvalue weighted by atomic mass is 35.5. The molecule has 0 heterocycles. The molecule has 0 radical (unpaired) electrons. The van der Waals surface area contributed by atoms with Crippen LogP contribution in [-0.2, 0) is 14.3 Å². The molecule has 29 heavy (non-hydrogen) atoms. The second-order valence-electron chi connectivity index (χ2n) is 6.14. The number of aliphatic hydroxyl groups is 1. The number of hydrogen-bond acceptors (Lipinski definition) is 6. The predicted octanol–water partition coefficient (Wildman–Crippen LogP) is 3.15. The summed E-state index contributed by atoms with van der Waals surface area (Å²) < 4.78 is 4.76. The van der Waals surface area contributed by atoms with Crippen molar-refractivity contribution in [1.29, 1.82) is 0 Å². The molecule has 0 bridgehead atoms. The smallest absolute Gasteiger partial charge is 0.411 e. The van der Waals surface area contributed by atoms with E-state index in [0.717, 1.165) is 0 Å². The van der Waals surface area contributed by atoms with Crippen LogP contribution in [0.1, 0.15) is 38.0 Å². The van der Waals surface area contributed by atoms with Crippen LogP contribution in [0.4, 0.5) is 10.5 Å². The van der Waals surface area contributed by atoms with Crippen molar-refractivity contribution < 1.29 is 34.4 Å². The third-order valence-corrected chi connectivity index (χ3v) is 4.27. The number of aliphatic hydroxyl groups excluding tert-OH is 1. The quantitative estimate of drug-likeness (QED) is 0.362. The Hall–Kier alpha value is -2.33. The number of hydrogen-bond donors (Lipinski definition) is 5. The van der Waals surface area contributed by atoms with Crippen LogP contribution >= 0.6 is 23.2 Å². The maximum absolute atomic E-state index is 11.8. The van der Waals surface area contributed by atoms with Gasteiger partial charge in [0.15, 0.2) is 0 Å². The van der Waals surface area contributed by atoms with Gasteiger partial charge in [0, 0.05) is 24.2 Å². The first-order valence-electron chi connectivity index (χ1n) is 8.54. The summed E-state index contributed by atoms with van der Waals surface area (Å²) in [6.07, 6.45) is -1.72. The van der Waals surface area contributed by atoms with Crippen molar-refractivity contribution in [2.45, 2.75) is 32.9 Å². The lowest BCUT2D eigenvalue weighted by Gasteiger charge is -2.22. The summed E-state index contributed by atoms with van der Waals surface area (Å²) in [4.78, 5) is 34.6. The van der Waals surface area contributed by atoms with Gasteiger partial charge in [-0.25, -0.2) is 14.4 Å². The molecule has 1 amide bonds. The minimum Gasteiger partial charge on any atom is -0.478 e. The Kier molecular flexibility index (Phi) is 9.38. The van der Waals surface area contributed by atoms with Crippen LogP contribution in [0.15, 0.2) is 12.1 Å². The van der Waals surface area contributed by atoms with E-state index in [1.54, 1.807) is 6.92 Å². The molecule has 0 fully saturated rings. The molecule has 9 nitrogen and oxygen atoms in total. The molecule has 0 aliphatic heterocycles. The van der Waals surface area contributed by atoms with Crippen molar-refractivity contribution >= 4 is 52.5 Å². The minimum absolute atomic E-state index is 0.0114. The number of nitrogens with one attached hydrogen (secondary N) is 2. The van der Waals surface area contributed by atoms with Crippen molar-refractivity contribution in [3.63, 3.8) is 0 Å². The first kappa shape index (κ1) is 24.7. The molecule has 5 N–H and O–H groups in total. The van der Waals surface area contributed by atoms with Gasteiger partial charge in [-0.05, 0) is 18.6 Å². The number of anilines is 1. The van der Waals surface area contributed by atoms with E-state index in [-0.39, 0.29) is 46.1 Å². The molecule has 160 valence electrons. The molecule has 0 saturated heterocycles. The van der Waals surface area contributed by atoms with Crippen LogP contribution in [0.2, 0.25) is 10.0 Å². The third kappa shape index (κ3) is 6.90. The number of benzene rings is 1. The summed E-state index contributed by atoms with van der Waals surface area (Å²) in [6.45, 7) is 5.33. The molecular formula is C18H22Cl2N2O7. The third-order valence-electron chi connectivity index (χ3n) is 3.60. The number of amides is 1. The average Bonchev–Trinajstić information content (AvgIpc) is 2.61. The van der Waals surface area contributed by atoms with E-state index in [1.165, 1.54) is 6.07 Å². The van der Waals surface area contributed by atoms with Crippen LogP contribution < -0.4 is 10.6 Å². The molecule has 1 atom stereocenters. The molecule has 0 spiro atoms. The zero-order valence-corrected chi connectivity index (χ0v) is 17.5. The van der Waals surface area contributed by atoms with Crippen molar-refractivity contribution in [3.8, 4) is 0 Å². The van der Waals surface area contributed by atoms with E-state index in [4.69, 9.17) is 33.0 Å². The van der Waals surface area contributed by atoms with Crippen LogP contribution in [0, 0.1) is 0 Å². The van der Waals surface area contributed by atoms with Gasteiger partial charge in [-0.2, -0.15) is 0 Å². The number of carboxylic acids is 2. The molecule has 1 aromatic carbocycles. The molecule has 1 unspecified atom stereocenters. The van der Waals surface area contributed by atoms with Gasteiger partial charge in [-0.1, -0.05) is 37.0 Å².